The number of thiazole rings is 1. The molecule has 1 aromatic heterocycles. The third kappa shape index (κ3) is 3.17. The van der Waals surface area contributed by atoms with Gasteiger partial charge in [-0.15, -0.1) is 11.3 Å². The molecule has 0 aromatic carbocycles. The van der Waals surface area contributed by atoms with Crippen LogP contribution < -0.4 is 0 Å². The Kier molecular flexibility index (Phi) is 4.75. The number of rotatable bonds is 3. The molecule has 1 saturated heterocycles. The van der Waals surface area contributed by atoms with Gasteiger partial charge in [0.15, 0.2) is 0 Å². The molecule has 2 rings (SSSR count). The van der Waals surface area contributed by atoms with E-state index in [4.69, 9.17) is 0 Å². The fourth-order valence-electron chi connectivity index (χ4n) is 2.40. The van der Waals surface area contributed by atoms with E-state index < -0.39 is 0 Å². The molecule has 20 heavy (non-hydrogen) atoms. The predicted octanol–water partition coefficient (Wildman–Crippen LogP) is 1.84. The standard InChI is InChI=1S/C14H21N3O2S/c1-4-5-12(18)16-6-8-17(9-7-16)14(19)13-10(2)15-11(3)20-13/h4-9H2,1-3H3. The van der Waals surface area contributed by atoms with Crippen molar-refractivity contribution < 1.29 is 9.59 Å². The van der Waals surface area contributed by atoms with Crippen molar-refractivity contribution in [1.82, 2.24) is 14.8 Å². The minimum absolute atomic E-state index is 0.0516. The fraction of sp³-hybridized carbons (Fsp3) is 0.643. The largest absolute Gasteiger partial charge is 0.339 e. The lowest BCUT2D eigenvalue weighted by Crippen LogP contribution is -2.50. The number of hydrogen-bond donors (Lipinski definition) is 0. The van der Waals surface area contributed by atoms with Gasteiger partial charge < -0.3 is 9.80 Å². The second kappa shape index (κ2) is 6.35. The molecule has 0 bridgehead atoms. The quantitative estimate of drug-likeness (QED) is 0.855. The zero-order valence-corrected chi connectivity index (χ0v) is 13.1. The van der Waals surface area contributed by atoms with E-state index >= 15 is 0 Å². The maximum atomic E-state index is 12.4. The molecule has 0 atom stereocenters. The molecule has 1 aromatic rings. The normalized spacial score (nSPS) is 15.6. The van der Waals surface area contributed by atoms with Gasteiger partial charge in [-0.05, 0) is 20.3 Å². The highest BCUT2D eigenvalue weighted by Crippen LogP contribution is 2.20. The van der Waals surface area contributed by atoms with Crippen molar-refractivity contribution in [1.29, 1.82) is 0 Å². The molecule has 2 amide bonds. The molecule has 1 aliphatic rings. The van der Waals surface area contributed by atoms with Gasteiger partial charge in [-0.1, -0.05) is 6.92 Å². The van der Waals surface area contributed by atoms with Crippen molar-refractivity contribution in [2.75, 3.05) is 26.2 Å². The summed E-state index contributed by atoms with van der Waals surface area (Å²) in [6.45, 7) is 8.30. The summed E-state index contributed by atoms with van der Waals surface area (Å²) in [6.07, 6.45) is 1.47. The van der Waals surface area contributed by atoms with Gasteiger partial charge in [0, 0.05) is 32.6 Å². The van der Waals surface area contributed by atoms with Gasteiger partial charge in [-0.3, -0.25) is 9.59 Å². The van der Waals surface area contributed by atoms with E-state index in [0.717, 1.165) is 22.0 Å². The molecule has 110 valence electrons. The monoisotopic (exact) mass is 295 g/mol. The molecule has 5 nitrogen and oxygen atoms in total. The van der Waals surface area contributed by atoms with Crippen LogP contribution in [0.15, 0.2) is 0 Å². The second-order valence-corrected chi connectivity index (χ2v) is 6.27. The Morgan fingerprint density at radius 1 is 1.15 bits per heavy atom. The predicted molar refractivity (Wildman–Crippen MR) is 79.0 cm³/mol. The van der Waals surface area contributed by atoms with Crippen LogP contribution in [0.4, 0.5) is 0 Å². The third-order valence-electron chi connectivity index (χ3n) is 3.48. The van der Waals surface area contributed by atoms with E-state index in [9.17, 15) is 9.59 Å². The first-order valence-electron chi connectivity index (χ1n) is 7.04. The molecule has 0 saturated carbocycles. The number of carbonyl (C=O) groups excluding carboxylic acids is 2. The molecule has 2 heterocycles. The summed E-state index contributed by atoms with van der Waals surface area (Å²) in [5, 5.41) is 0.919. The lowest BCUT2D eigenvalue weighted by Gasteiger charge is -2.34. The van der Waals surface area contributed by atoms with Gasteiger partial charge in [0.2, 0.25) is 5.91 Å². The van der Waals surface area contributed by atoms with E-state index in [0.29, 0.717) is 32.6 Å². The molecular formula is C14H21N3O2S. The van der Waals surface area contributed by atoms with E-state index in [2.05, 4.69) is 4.98 Å². The summed E-state index contributed by atoms with van der Waals surface area (Å²) in [7, 11) is 0. The Hall–Kier alpha value is -1.43. The maximum absolute atomic E-state index is 12.4. The summed E-state index contributed by atoms with van der Waals surface area (Å²) in [4.78, 5) is 33.0. The lowest BCUT2D eigenvalue weighted by atomic mass is 10.2. The zero-order chi connectivity index (χ0) is 14.7. The van der Waals surface area contributed by atoms with Gasteiger partial charge >= 0.3 is 0 Å². The van der Waals surface area contributed by atoms with Crippen LogP contribution in [0.25, 0.3) is 0 Å². The molecule has 0 N–H and O–H groups in total. The molecule has 1 aliphatic heterocycles. The van der Waals surface area contributed by atoms with Crippen LogP contribution in [0.2, 0.25) is 0 Å². The Morgan fingerprint density at radius 2 is 1.75 bits per heavy atom. The Balaban J connectivity index is 1.95. The average Bonchev–Trinajstić information content (AvgIpc) is 2.77. The molecular weight excluding hydrogens is 274 g/mol. The van der Waals surface area contributed by atoms with Crippen LogP contribution in [0.3, 0.4) is 0 Å². The van der Waals surface area contributed by atoms with Crippen molar-refractivity contribution in [2.24, 2.45) is 0 Å². The van der Waals surface area contributed by atoms with Crippen LogP contribution in [0.5, 0.6) is 0 Å². The van der Waals surface area contributed by atoms with Crippen LogP contribution in [-0.4, -0.2) is 52.8 Å². The summed E-state index contributed by atoms with van der Waals surface area (Å²) >= 11 is 1.45. The van der Waals surface area contributed by atoms with Gasteiger partial charge in [0.25, 0.3) is 5.91 Å². The summed E-state index contributed by atoms with van der Waals surface area (Å²) in [5.41, 5.74) is 0.807. The first kappa shape index (κ1) is 15.0. The Morgan fingerprint density at radius 3 is 2.25 bits per heavy atom. The second-order valence-electron chi connectivity index (χ2n) is 5.07. The van der Waals surface area contributed by atoms with Gasteiger partial charge in [0.1, 0.15) is 4.88 Å². The van der Waals surface area contributed by atoms with Crippen molar-refractivity contribution in [2.45, 2.75) is 33.6 Å². The van der Waals surface area contributed by atoms with Crippen molar-refractivity contribution in [3.05, 3.63) is 15.6 Å². The first-order chi connectivity index (χ1) is 9.52. The zero-order valence-electron chi connectivity index (χ0n) is 12.3. The summed E-state index contributed by atoms with van der Waals surface area (Å²) in [6, 6.07) is 0. The van der Waals surface area contributed by atoms with Gasteiger partial charge in [0.05, 0.1) is 10.7 Å². The van der Waals surface area contributed by atoms with Crippen molar-refractivity contribution in [3.8, 4) is 0 Å². The molecule has 0 spiro atoms. The smallest absolute Gasteiger partial charge is 0.265 e. The fourth-order valence-corrected chi connectivity index (χ4v) is 3.29. The SMILES string of the molecule is CCCC(=O)N1CCN(C(=O)c2sc(C)nc2C)CC1. The molecule has 1 fully saturated rings. The minimum atomic E-state index is 0.0516. The van der Waals surface area contributed by atoms with Crippen molar-refractivity contribution in [3.63, 3.8) is 0 Å². The molecule has 6 heteroatoms. The number of aromatic nitrogens is 1. The summed E-state index contributed by atoms with van der Waals surface area (Å²) in [5.74, 6) is 0.250. The summed E-state index contributed by atoms with van der Waals surface area (Å²) < 4.78 is 0. The van der Waals surface area contributed by atoms with Gasteiger partial charge in [-0.2, -0.15) is 0 Å². The number of aryl methyl sites for hydroxylation is 2. The molecule has 0 aliphatic carbocycles. The van der Waals surface area contributed by atoms with Gasteiger partial charge in [-0.25, -0.2) is 4.98 Å². The number of carbonyl (C=O) groups is 2. The van der Waals surface area contributed by atoms with Crippen LogP contribution in [0.1, 0.15) is 40.1 Å². The highest BCUT2D eigenvalue weighted by atomic mass is 32.1. The Bertz CT molecular complexity index is 505. The van der Waals surface area contributed by atoms with Crippen LogP contribution >= 0.6 is 11.3 Å². The van der Waals surface area contributed by atoms with E-state index in [1.807, 2.05) is 30.6 Å². The van der Waals surface area contributed by atoms with E-state index in [1.54, 1.807) is 0 Å². The Labute approximate surface area is 123 Å². The number of piperazine rings is 1. The molecule has 0 radical (unpaired) electrons. The number of amides is 2. The minimum Gasteiger partial charge on any atom is -0.339 e. The third-order valence-corrected chi connectivity index (χ3v) is 4.54. The maximum Gasteiger partial charge on any atom is 0.265 e. The van der Waals surface area contributed by atoms with E-state index in [-0.39, 0.29) is 11.8 Å². The van der Waals surface area contributed by atoms with Crippen LogP contribution in [0, 0.1) is 13.8 Å². The highest BCUT2D eigenvalue weighted by molar-refractivity contribution is 7.13. The first-order valence-corrected chi connectivity index (χ1v) is 7.85. The van der Waals surface area contributed by atoms with E-state index in [1.165, 1.54) is 11.3 Å². The van der Waals surface area contributed by atoms with Crippen LogP contribution in [-0.2, 0) is 4.79 Å². The number of hydrogen-bond acceptors (Lipinski definition) is 4. The average molecular weight is 295 g/mol. The number of nitrogens with zero attached hydrogens (tertiary/aromatic N) is 3. The van der Waals surface area contributed by atoms with Crippen molar-refractivity contribution >= 4 is 23.2 Å². The molecule has 0 unspecified atom stereocenters. The highest BCUT2D eigenvalue weighted by Gasteiger charge is 2.26. The topological polar surface area (TPSA) is 53.5 Å². The lowest BCUT2D eigenvalue weighted by molar-refractivity contribution is -0.132.